The minimum absolute atomic E-state index is 0.00844. The highest BCUT2D eigenvalue weighted by molar-refractivity contribution is 6.31. The van der Waals surface area contributed by atoms with Gasteiger partial charge >= 0.3 is 5.76 Å². The molecule has 0 unspecified atom stereocenters. The topological polar surface area (TPSA) is 75.3 Å². The van der Waals surface area contributed by atoms with Crippen LogP contribution in [0, 0.1) is 0 Å². The van der Waals surface area contributed by atoms with E-state index in [0.29, 0.717) is 16.1 Å². The fourth-order valence-corrected chi connectivity index (χ4v) is 1.62. The fraction of sp³-hybridized carbons (Fsp3) is 0.200. The minimum atomic E-state index is -1.22. The minimum Gasteiger partial charge on any atom is -0.550 e. The molecule has 0 radical (unpaired) electrons. The number of oxazole rings is 1. The molecule has 0 amide bonds. The maximum absolute atomic E-state index is 11.4. The SMILES string of the molecule is O=C([O-])CCn1c(=O)oc2ccc(Cl)cc21. The zero-order chi connectivity index (χ0) is 11.7. The zero-order valence-electron chi connectivity index (χ0n) is 8.10. The van der Waals surface area contributed by atoms with Gasteiger partial charge in [-0.2, -0.15) is 0 Å². The van der Waals surface area contributed by atoms with Gasteiger partial charge in [0, 0.05) is 24.0 Å². The maximum atomic E-state index is 11.4. The number of aryl methyl sites for hydroxylation is 1. The summed E-state index contributed by atoms with van der Waals surface area (Å²) in [6, 6.07) is 4.71. The molecule has 0 N–H and O–H groups in total. The number of carbonyl (C=O) groups is 1. The highest BCUT2D eigenvalue weighted by Crippen LogP contribution is 2.18. The second-order valence-electron chi connectivity index (χ2n) is 3.25. The lowest BCUT2D eigenvalue weighted by Gasteiger charge is -2.02. The van der Waals surface area contributed by atoms with Gasteiger partial charge in [0.05, 0.1) is 5.52 Å². The van der Waals surface area contributed by atoms with Crippen molar-refractivity contribution in [3.05, 3.63) is 33.8 Å². The lowest BCUT2D eigenvalue weighted by molar-refractivity contribution is -0.305. The van der Waals surface area contributed by atoms with Crippen molar-refractivity contribution in [2.24, 2.45) is 0 Å². The van der Waals surface area contributed by atoms with Crippen LogP contribution in [-0.4, -0.2) is 10.5 Å². The van der Waals surface area contributed by atoms with Crippen LogP contribution in [0.1, 0.15) is 6.42 Å². The Balaban J connectivity index is 2.50. The molecule has 1 aromatic heterocycles. The molecule has 1 aromatic carbocycles. The van der Waals surface area contributed by atoms with Gasteiger partial charge in [-0.05, 0) is 18.2 Å². The first-order valence-corrected chi connectivity index (χ1v) is 4.94. The van der Waals surface area contributed by atoms with Crippen LogP contribution in [0.3, 0.4) is 0 Å². The Hall–Kier alpha value is -1.75. The van der Waals surface area contributed by atoms with Crippen LogP contribution in [0.15, 0.2) is 27.4 Å². The van der Waals surface area contributed by atoms with Crippen molar-refractivity contribution in [3.8, 4) is 0 Å². The summed E-state index contributed by atoms with van der Waals surface area (Å²) in [6.07, 6.45) is -0.249. The van der Waals surface area contributed by atoms with Crippen molar-refractivity contribution in [2.75, 3.05) is 0 Å². The Labute approximate surface area is 94.9 Å². The molecule has 5 nitrogen and oxygen atoms in total. The lowest BCUT2D eigenvalue weighted by Crippen LogP contribution is -2.25. The van der Waals surface area contributed by atoms with Crippen molar-refractivity contribution in [1.29, 1.82) is 0 Å². The fourth-order valence-electron chi connectivity index (χ4n) is 1.45. The van der Waals surface area contributed by atoms with Crippen LogP contribution in [0.5, 0.6) is 0 Å². The average molecular weight is 241 g/mol. The van der Waals surface area contributed by atoms with E-state index in [9.17, 15) is 14.7 Å². The highest BCUT2D eigenvalue weighted by atomic mass is 35.5. The third-order valence-electron chi connectivity index (χ3n) is 2.17. The average Bonchev–Trinajstić information content (AvgIpc) is 2.51. The molecular formula is C10H7ClNO4-. The van der Waals surface area contributed by atoms with E-state index in [2.05, 4.69) is 0 Å². The number of carboxylic acids is 1. The number of fused-ring (bicyclic) bond motifs is 1. The monoisotopic (exact) mass is 240 g/mol. The Morgan fingerprint density at radius 1 is 1.50 bits per heavy atom. The van der Waals surface area contributed by atoms with Gasteiger partial charge in [0.15, 0.2) is 5.58 Å². The number of benzene rings is 1. The third kappa shape index (κ3) is 1.94. The van der Waals surface area contributed by atoms with E-state index in [1.165, 1.54) is 4.57 Å². The molecule has 0 saturated carbocycles. The van der Waals surface area contributed by atoms with Gasteiger partial charge in [-0.25, -0.2) is 4.79 Å². The number of hydrogen-bond donors (Lipinski definition) is 0. The maximum Gasteiger partial charge on any atom is 0.419 e. The van der Waals surface area contributed by atoms with Gasteiger partial charge in [-0.3, -0.25) is 4.57 Å². The van der Waals surface area contributed by atoms with Crippen LogP contribution in [0.2, 0.25) is 5.02 Å². The molecule has 0 spiro atoms. The number of hydrogen-bond acceptors (Lipinski definition) is 4. The lowest BCUT2D eigenvalue weighted by atomic mass is 10.3. The number of aromatic nitrogens is 1. The molecule has 2 rings (SSSR count). The largest absolute Gasteiger partial charge is 0.550 e. The standard InChI is InChI=1S/C10H8ClNO4/c11-6-1-2-8-7(5-6)12(10(15)16-8)4-3-9(13)14/h1-2,5H,3-4H2,(H,13,14)/p-1. The molecular weight excluding hydrogens is 234 g/mol. The van der Waals surface area contributed by atoms with Crippen LogP contribution in [-0.2, 0) is 11.3 Å². The molecule has 0 saturated heterocycles. The first kappa shape index (κ1) is 10.8. The van der Waals surface area contributed by atoms with Crippen molar-refractivity contribution in [2.45, 2.75) is 13.0 Å². The van der Waals surface area contributed by atoms with E-state index >= 15 is 0 Å². The quantitative estimate of drug-likeness (QED) is 0.778. The van der Waals surface area contributed by atoms with Gasteiger partial charge < -0.3 is 14.3 Å². The summed E-state index contributed by atoms with van der Waals surface area (Å²) in [6.45, 7) is 0.00844. The van der Waals surface area contributed by atoms with Crippen LogP contribution >= 0.6 is 11.6 Å². The van der Waals surface area contributed by atoms with E-state index in [1.807, 2.05) is 0 Å². The van der Waals surface area contributed by atoms with E-state index < -0.39 is 11.7 Å². The Morgan fingerprint density at radius 3 is 2.94 bits per heavy atom. The number of halogens is 1. The van der Waals surface area contributed by atoms with Crippen molar-refractivity contribution in [1.82, 2.24) is 4.57 Å². The normalized spacial score (nSPS) is 10.8. The second-order valence-corrected chi connectivity index (χ2v) is 3.69. The Kier molecular flexibility index (Phi) is 2.70. The predicted molar refractivity (Wildman–Crippen MR) is 55.1 cm³/mol. The first-order chi connectivity index (χ1) is 7.58. The summed E-state index contributed by atoms with van der Waals surface area (Å²) in [5, 5.41) is 10.8. The highest BCUT2D eigenvalue weighted by Gasteiger charge is 2.09. The third-order valence-corrected chi connectivity index (χ3v) is 2.40. The van der Waals surface area contributed by atoms with Gasteiger partial charge in [-0.1, -0.05) is 11.6 Å². The summed E-state index contributed by atoms with van der Waals surface area (Å²) in [5.74, 6) is -1.82. The molecule has 0 bridgehead atoms. The molecule has 0 aliphatic carbocycles. The van der Waals surface area contributed by atoms with Crippen LogP contribution in [0.4, 0.5) is 0 Å². The smallest absolute Gasteiger partial charge is 0.419 e. The number of rotatable bonds is 3. The van der Waals surface area contributed by atoms with E-state index in [1.54, 1.807) is 18.2 Å². The molecule has 0 fully saturated rings. The number of carboxylic acid groups (broad SMARTS) is 1. The molecule has 0 aliphatic heterocycles. The molecule has 2 aromatic rings. The number of carbonyl (C=O) groups excluding carboxylic acids is 1. The van der Waals surface area contributed by atoms with Gasteiger partial charge in [0.25, 0.3) is 0 Å². The summed E-state index contributed by atoms with van der Waals surface area (Å²) in [4.78, 5) is 21.7. The van der Waals surface area contributed by atoms with Crippen molar-refractivity contribution >= 4 is 28.7 Å². The molecule has 6 heteroatoms. The van der Waals surface area contributed by atoms with Gasteiger partial charge in [0.1, 0.15) is 0 Å². The zero-order valence-corrected chi connectivity index (χ0v) is 8.86. The van der Waals surface area contributed by atoms with Crippen LogP contribution < -0.4 is 10.9 Å². The Bertz CT molecular complexity index is 598. The summed E-state index contributed by atoms with van der Waals surface area (Å²) in [5.41, 5.74) is 0.867. The molecule has 16 heavy (non-hydrogen) atoms. The predicted octanol–water partition coefficient (Wildman–Crippen LogP) is 0.388. The molecule has 0 aliphatic rings. The van der Waals surface area contributed by atoms with Crippen molar-refractivity contribution in [3.63, 3.8) is 0 Å². The molecule has 84 valence electrons. The van der Waals surface area contributed by atoms with E-state index in [0.717, 1.165) is 0 Å². The number of nitrogens with zero attached hydrogens (tertiary/aromatic N) is 1. The van der Waals surface area contributed by atoms with Gasteiger partial charge in [-0.15, -0.1) is 0 Å². The summed E-state index contributed by atoms with van der Waals surface area (Å²) >= 11 is 5.78. The summed E-state index contributed by atoms with van der Waals surface area (Å²) < 4.78 is 6.14. The Morgan fingerprint density at radius 2 is 2.25 bits per heavy atom. The molecule has 0 atom stereocenters. The van der Waals surface area contributed by atoms with E-state index in [-0.39, 0.29) is 13.0 Å². The van der Waals surface area contributed by atoms with Crippen molar-refractivity contribution < 1.29 is 14.3 Å². The van der Waals surface area contributed by atoms with Gasteiger partial charge in [0.2, 0.25) is 0 Å². The van der Waals surface area contributed by atoms with Crippen LogP contribution in [0.25, 0.3) is 11.1 Å². The number of aliphatic carboxylic acids is 1. The summed E-state index contributed by atoms with van der Waals surface area (Å²) in [7, 11) is 0. The first-order valence-electron chi connectivity index (χ1n) is 4.56. The molecule has 1 heterocycles. The second kappa shape index (κ2) is 4.02. The van der Waals surface area contributed by atoms with E-state index in [4.69, 9.17) is 16.0 Å².